The van der Waals surface area contributed by atoms with Gasteiger partial charge in [0.05, 0.1) is 0 Å². The Balaban J connectivity index is 1.84. The Labute approximate surface area is 151 Å². The zero-order chi connectivity index (χ0) is 19.3. The number of aryl methyl sites for hydroxylation is 1. The Kier molecular flexibility index (Phi) is 6.27. The highest BCUT2D eigenvalue weighted by atomic mass is 19.1. The van der Waals surface area contributed by atoms with E-state index in [1.54, 1.807) is 6.07 Å². The smallest absolute Gasteiger partial charge is 0.325 e. The van der Waals surface area contributed by atoms with Crippen molar-refractivity contribution in [2.75, 3.05) is 13.2 Å². The second-order valence-electron chi connectivity index (χ2n) is 5.80. The molecule has 1 amide bonds. The van der Waals surface area contributed by atoms with Gasteiger partial charge >= 0.3 is 5.97 Å². The number of amides is 1. The summed E-state index contributed by atoms with van der Waals surface area (Å²) in [5, 5.41) is 2.36. The maximum atomic E-state index is 12.8. The van der Waals surface area contributed by atoms with Crippen molar-refractivity contribution in [2.45, 2.75) is 27.3 Å². The van der Waals surface area contributed by atoms with E-state index in [2.05, 4.69) is 5.32 Å². The van der Waals surface area contributed by atoms with Gasteiger partial charge in [0.15, 0.2) is 6.61 Å². The quantitative estimate of drug-likeness (QED) is 0.608. The second-order valence-corrected chi connectivity index (χ2v) is 5.80. The number of nitrogens with one attached hydrogen (secondary N) is 1. The number of aromatic nitrogens is 1. The molecule has 0 saturated carbocycles. The molecule has 0 unspecified atom stereocenters. The molecule has 26 heavy (non-hydrogen) atoms. The highest BCUT2D eigenvalue weighted by Crippen LogP contribution is 2.15. The van der Waals surface area contributed by atoms with Crippen LogP contribution in [0.25, 0.3) is 0 Å². The van der Waals surface area contributed by atoms with Crippen LogP contribution < -0.4 is 5.32 Å². The second kappa shape index (κ2) is 8.42. The van der Waals surface area contributed by atoms with Crippen LogP contribution in [0, 0.1) is 19.7 Å². The number of ether oxygens (including phenoxy) is 1. The van der Waals surface area contributed by atoms with Crippen LogP contribution in [0.5, 0.6) is 0 Å². The van der Waals surface area contributed by atoms with Gasteiger partial charge in [0.2, 0.25) is 5.78 Å². The molecule has 2 rings (SSSR count). The fourth-order valence-corrected chi connectivity index (χ4v) is 2.70. The van der Waals surface area contributed by atoms with Crippen LogP contribution >= 0.6 is 0 Å². The molecule has 0 bridgehead atoms. The average Bonchev–Trinajstić information content (AvgIpc) is 2.91. The molecule has 138 valence electrons. The molecule has 1 aromatic carbocycles. The summed E-state index contributed by atoms with van der Waals surface area (Å²) in [4.78, 5) is 35.8. The van der Waals surface area contributed by atoms with Gasteiger partial charge in [-0.3, -0.25) is 14.4 Å². The number of hydrogen-bond donors (Lipinski definition) is 1. The van der Waals surface area contributed by atoms with Crippen LogP contribution in [0.3, 0.4) is 0 Å². The number of carbonyl (C=O) groups is 3. The summed E-state index contributed by atoms with van der Waals surface area (Å²) in [6.45, 7) is 5.72. The fraction of sp³-hybridized carbons (Fsp3) is 0.316. The van der Waals surface area contributed by atoms with Crippen LogP contribution in [-0.2, 0) is 16.1 Å². The number of esters is 1. The number of benzene rings is 1. The number of rotatable bonds is 7. The zero-order valence-corrected chi connectivity index (χ0v) is 15.0. The summed E-state index contributed by atoms with van der Waals surface area (Å²) >= 11 is 0. The SMILES string of the molecule is CCn1c(C)cc(C(=O)COC(=O)CNC(=O)c2ccc(F)cc2)c1C. The minimum Gasteiger partial charge on any atom is -0.456 e. The van der Waals surface area contributed by atoms with Gasteiger partial charge in [-0.1, -0.05) is 0 Å². The van der Waals surface area contributed by atoms with Gasteiger partial charge in [-0.15, -0.1) is 0 Å². The van der Waals surface area contributed by atoms with Crippen molar-refractivity contribution < 1.29 is 23.5 Å². The van der Waals surface area contributed by atoms with Crippen molar-refractivity contribution in [2.24, 2.45) is 0 Å². The van der Waals surface area contributed by atoms with E-state index in [-0.39, 0.29) is 24.5 Å². The summed E-state index contributed by atoms with van der Waals surface area (Å²) in [7, 11) is 0. The maximum Gasteiger partial charge on any atom is 0.325 e. The number of hydrogen-bond acceptors (Lipinski definition) is 4. The van der Waals surface area contributed by atoms with Gasteiger partial charge in [-0.25, -0.2) is 4.39 Å². The van der Waals surface area contributed by atoms with Crippen LogP contribution in [0.4, 0.5) is 4.39 Å². The molecule has 1 N–H and O–H groups in total. The highest BCUT2D eigenvalue weighted by Gasteiger charge is 2.17. The molecule has 0 spiro atoms. The van der Waals surface area contributed by atoms with E-state index >= 15 is 0 Å². The van der Waals surface area contributed by atoms with Crippen LogP contribution in [0.15, 0.2) is 30.3 Å². The van der Waals surface area contributed by atoms with Crippen molar-refractivity contribution in [1.82, 2.24) is 9.88 Å². The minimum absolute atomic E-state index is 0.224. The van der Waals surface area contributed by atoms with E-state index in [0.717, 1.165) is 30.1 Å². The van der Waals surface area contributed by atoms with Gasteiger partial charge in [-0.05, 0) is 51.1 Å². The molecule has 0 atom stereocenters. The Hall–Kier alpha value is -2.96. The van der Waals surface area contributed by atoms with Gasteiger partial charge < -0.3 is 14.6 Å². The van der Waals surface area contributed by atoms with Crippen molar-refractivity contribution in [3.8, 4) is 0 Å². The van der Waals surface area contributed by atoms with E-state index in [9.17, 15) is 18.8 Å². The van der Waals surface area contributed by atoms with Gasteiger partial charge in [0.1, 0.15) is 12.4 Å². The first kappa shape index (κ1) is 19.4. The van der Waals surface area contributed by atoms with Crippen molar-refractivity contribution in [1.29, 1.82) is 0 Å². The van der Waals surface area contributed by atoms with Crippen molar-refractivity contribution in [3.63, 3.8) is 0 Å². The van der Waals surface area contributed by atoms with Gasteiger partial charge in [0, 0.05) is 29.1 Å². The standard InChI is InChI=1S/C19H21FN2O4/c1-4-22-12(2)9-16(13(22)3)17(23)11-26-18(24)10-21-19(25)14-5-7-15(20)8-6-14/h5-9H,4,10-11H2,1-3H3,(H,21,25). The fourth-order valence-electron chi connectivity index (χ4n) is 2.70. The molecule has 2 aromatic rings. The summed E-state index contributed by atoms with van der Waals surface area (Å²) < 4.78 is 19.7. The summed E-state index contributed by atoms with van der Waals surface area (Å²) in [5.41, 5.74) is 2.54. The third kappa shape index (κ3) is 4.56. The van der Waals surface area contributed by atoms with Crippen LogP contribution in [-0.4, -0.2) is 35.4 Å². The third-order valence-electron chi connectivity index (χ3n) is 4.05. The Bertz CT molecular complexity index is 825. The van der Waals surface area contributed by atoms with Gasteiger partial charge in [-0.2, -0.15) is 0 Å². The van der Waals surface area contributed by atoms with E-state index in [0.29, 0.717) is 5.56 Å². The lowest BCUT2D eigenvalue weighted by molar-refractivity contribution is -0.141. The lowest BCUT2D eigenvalue weighted by atomic mass is 10.1. The number of halogens is 1. The lowest BCUT2D eigenvalue weighted by Crippen LogP contribution is -2.31. The molecule has 0 radical (unpaired) electrons. The normalized spacial score (nSPS) is 10.5. The molecule has 0 aliphatic carbocycles. The first-order valence-electron chi connectivity index (χ1n) is 8.22. The highest BCUT2D eigenvalue weighted by molar-refractivity contribution is 5.99. The predicted octanol–water partition coefficient (Wildman–Crippen LogP) is 2.42. The number of carbonyl (C=O) groups excluding carboxylic acids is 3. The third-order valence-corrected chi connectivity index (χ3v) is 4.05. The molecule has 0 aliphatic rings. The first-order valence-corrected chi connectivity index (χ1v) is 8.22. The average molecular weight is 360 g/mol. The van der Waals surface area contributed by atoms with Crippen molar-refractivity contribution >= 4 is 17.7 Å². The molecule has 0 aliphatic heterocycles. The zero-order valence-electron chi connectivity index (χ0n) is 15.0. The minimum atomic E-state index is -0.724. The van der Waals surface area contributed by atoms with Crippen LogP contribution in [0.1, 0.15) is 39.0 Å². The van der Waals surface area contributed by atoms with E-state index < -0.39 is 17.7 Å². The van der Waals surface area contributed by atoms with E-state index in [1.165, 1.54) is 12.1 Å². The summed E-state index contributed by atoms with van der Waals surface area (Å²) in [5.74, 6) is -2.00. The van der Waals surface area contributed by atoms with E-state index in [4.69, 9.17) is 4.74 Å². The molecule has 6 nitrogen and oxygen atoms in total. The number of nitrogens with zero attached hydrogens (tertiary/aromatic N) is 1. The molecule has 0 saturated heterocycles. The maximum absolute atomic E-state index is 12.8. The Morgan fingerprint density at radius 2 is 1.81 bits per heavy atom. The summed E-state index contributed by atoms with van der Waals surface area (Å²) in [6, 6.07) is 6.69. The Morgan fingerprint density at radius 3 is 2.38 bits per heavy atom. The molecular formula is C19H21FN2O4. The molecule has 0 fully saturated rings. The first-order chi connectivity index (χ1) is 12.3. The number of Topliss-reactive ketones (excluding diaryl/α,β-unsaturated/α-hetero) is 1. The van der Waals surface area contributed by atoms with Gasteiger partial charge in [0.25, 0.3) is 5.91 Å². The lowest BCUT2D eigenvalue weighted by Gasteiger charge is -2.07. The monoisotopic (exact) mass is 360 g/mol. The predicted molar refractivity (Wildman–Crippen MR) is 93.6 cm³/mol. The van der Waals surface area contributed by atoms with Crippen LogP contribution in [0.2, 0.25) is 0 Å². The summed E-state index contributed by atoms with van der Waals surface area (Å²) in [6.07, 6.45) is 0. The topological polar surface area (TPSA) is 77.4 Å². The molecule has 1 aromatic heterocycles. The molecular weight excluding hydrogens is 339 g/mol. The molecule has 1 heterocycles. The largest absolute Gasteiger partial charge is 0.456 e. The Morgan fingerprint density at radius 1 is 1.15 bits per heavy atom. The number of ketones is 1. The van der Waals surface area contributed by atoms with Crippen molar-refractivity contribution in [3.05, 3.63) is 58.7 Å². The van der Waals surface area contributed by atoms with E-state index in [1.807, 2.05) is 25.3 Å². The molecule has 7 heteroatoms.